The molecule has 4 rings (SSSR count). The van der Waals surface area contributed by atoms with Crippen LogP contribution in [0.2, 0.25) is 0 Å². The first-order chi connectivity index (χ1) is 15.6. The van der Waals surface area contributed by atoms with Crippen molar-refractivity contribution in [3.05, 3.63) is 72.1 Å². The average Bonchev–Trinajstić information content (AvgIpc) is 3.17. The number of carbonyl (C=O) groups is 1. The van der Waals surface area contributed by atoms with Crippen molar-refractivity contribution in [2.45, 2.75) is 12.8 Å². The Labute approximate surface area is 189 Å². The number of thiazole rings is 1. The molecule has 2 aromatic heterocycles. The minimum atomic E-state index is -0.0438. The van der Waals surface area contributed by atoms with Crippen LogP contribution in [0.3, 0.4) is 0 Å². The van der Waals surface area contributed by atoms with E-state index in [9.17, 15) is 9.90 Å². The van der Waals surface area contributed by atoms with Gasteiger partial charge in [0, 0.05) is 35.8 Å². The summed E-state index contributed by atoms with van der Waals surface area (Å²) in [6.07, 6.45) is 4.51. The number of nitrogens with zero attached hydrogens (tertiary/aromatic N) is 2. The number of phenolic OH excluding ortho intramolecular Hbond substituents is 1. The number of aromatic nitrogens is 2. The lowest BCUT2D eigenvalue weighted by molar-refractivity contribution is -0.116. The van der Waals surface area contributed by atoms with Gasteiger partial charge in [0.2, 0.25) is 5.91 Å². The number of rotatable bonds is 6. The molecule has 1 amide bonds. The number of phenols is 1. The van der Waals surface area contributed by atoms with Crippen LogP contribution in [0.25, 0.3) is 10.2 Å². The van der Waals surface area contributed by atoms with Crippen molar-refractivity contribution in [1.82, 2.24) is 9.97 Å². The molecule has 0 saturated carbocycles. The molecule has 0 saturated heterocycles. The molecule has 5 N–H and O–H groups in total. The number of aromatic hydroxyl groups is 1. The molecule has 0 aliphatic carbocycles. The number of anilines is 3. The van der Waals surface area contributed by atoms with Crippen LogP contribution in [0.1, 0.15) is 17.5 Å². The molecule has 0 atom stereocenters. The van der Waals surface area contributed by atoms with Gasteiger partial charge < -0.3 is 21.5 Å². The predicted molar refractivity (Wildman–Crippen MR) is 129 cm³/mol. The molecule has 7 nitrogen and oxygen atoms in total. The van der Waals surface area contributed by atoms with Gasteiger partial charge in [-0.1, -0.05) is 29.2 Å². The van der Waals surface area contributed by atoms with Gasteiger partial charge in [-0.3, -0.25) is 9.78 Å². The van der Waals surface area contributed by atoms with Crippen LogP contribution < -0.4 is 16.4 Å². The molecule has 2 aromatic carbocycles. The molecule has 32 heavy (non-hydrogen) atoms. The number of carbonyl (C=O) groups excluding carboxylic acids is 1. The highest BCUT2D eigenvalue weighted by molar-refractivity contribution is 7.22. The Bertz CT molecular complexity index is 1310. The first kappa shape index (κ1) is 21.2. The molecule has 0 unspecified atom stereocenters. The zero-order valence-corrected chi connectivity index (χ0v) is 17.9. The van der Waals surface area contributed by atoms with E-state index in [-0.39, 0.29) is 11.7 Å². The van der Waals surface area contributed by atoms with E-state index in [1.807, 2.05) is 42.5 Å². The van der Waals surface area contributed by atoms with E-state index in [4.69, 9.17) is 5.73 Å². The van der Waals surface area contributed by atoms with Crippen LogP contribution in [-0.4, -0.2) is 27.5 Å². The van der Waals surface area contributed by atoms with Crippen molar-refractivity contribution in [1.29, 1.82) is 0 Å². The lowest BCUT2D eigenvalue weighted by atomic mass is 10.1. The van der Waals surface area contributed by atoms with Crippen molar-refractivity contribution in [3.63, 3.8) is 0 Å². The highest BCUT2D eigenvalue weighted by Gasteiger charge is 2.07. The van der Waals surface area contributed by atoms with Crippen molar-refractivity contribution in [3.8, 4) is 17.6 Å². The van der Waals surface area contributed by atoms with Gasteiger partial charge in [0.05, 0.1) is 11.2 Å². The van der Waals surface area contributed by atoms with Crippen LogP contribution >= 0.6 is 11.3 Å². The smallest absolute Gasteiger partial charge is 0.224 e. The maximum Gasteiger partial charge on any atom is 0.224 e. The Hall–Kier alpha value is -4.09. The molecular weight excluding hydrogens is 422 g/mol. The molecule has 0 spiro atoms. The van der Waals surface area contributed by atoms with E-state index in [2.05, 4.69) is 32.4 Å². The van der Waals surface area contributed by atoms with Gasteiger partial charge in [0.15, 0.2) is 5.13 Å². The first-order valence-corrected chi connectivity index (χ1v) is 10.8. The van der Waals surface area contributed by atoms with E-state index in [1.165, 1.54) is 11.3 Å². The molecule has 4 aromatic rings. The van der Waals surface area contributed by atoms with Crippen LogP contribution in [0.4, 0.5) is 16.5 Å². The van der Waals surface area contributed by atoms with Gasteiger partial charge in [-0.2, -0.15) is 0 Å². The summed E-state index contributed by atoms with van der Waals surface area (Å²) in [5, 5.41) is 16.6. The lowest BCUT2D eigenvalue weighted by Crippen LogP contribution is -2.12. The number of fused-ring (bicyclic) bond motifs is 1. The summed E-state index contributed by atoms with van der Waals surface area (Å²) in [6.45, 7) is 0.406. The zero-order chi connectivity index (χ0) is 22.3. The van der Waals surface area contributed by atoms with Gasteiger partial charge in [-0.05, 0) is 54.4 Å². The number of nitrogens with two attached hydrogens (primary N) is 1. The van der Waals surface area contributed by atoms with E-state index >= 15 is 0 Å². The van der Waals surface area contributed by atoms with Gasteiger partial charge >= 0.3 is 0 Å². The second-order valence-electron chi connectivity index (χ2n) is 7.03. The minimum Gasteiger partial charge on any atom is -0.506 e. The molecule has 160 valence electrons. The Kier molecular flexibility index (Phi) is 6.49. The Morgan fingerprint density at radius 1 is 1.12 bits per heavy atom. The van der Waals surface area contributed by atoms with Crippen molar-refractivity contribution >= 4 is 44.0 Å². The third-order valence-electron chi connectivity index (χ3n) is 4.64. The van der Waals surface area contributed by atoms with Crippen molar-refractivity contribution < 1.29 is 9.90 Å². The zero-order valence-electron chi connectivity index (χ0n) is 17.1. The molecule has 0 fully saturated rings. The molecule has 0 aliphatic heterocycles. The summed E-state index contributed by atoms with van der Waals surface area (Å²) in [4.78, 5) is 20.3. The number of nitrogen functional groups attached to an aromatic ring is 1. The van der Waals surface area contributed by atoms with E-state index in [0.717, 1.165) is 21.6 Å². The fourth-order valence-electron chi connectivity index (χ4n) is 3.13. The largest absolute Gasteiger partial charge is 0.506 e. The number of benzene rings is 2. The van der Waals surface area contributed by atoms with Crippen molar-refractivity contribution in [2.75, 3.05) is 22.9 Å². The van der Waals surface area contributed by atoms with Crippen LogP contribution in [-0.2, 0) is 11.2 Å². The number of aryl methyl sites for hydroxylation is 1. The molecule has 0 aliphatic rings. The second kappa shape index (κ2) is 9.81. The number of hydrogen-bond acceptors (Lipinski definition) is 7. The maximum atomic E-state index is 12.2. The maximum absolute atomic E-state index is 12.2. The summed E-state index contributed by atoms with van der Waals surface area (Å²) in [5.74, 6) is 6.09. The minimum absolute atomic E-state index is 0.0438. The summed E-state index contributed by atoms with van der Waals surface area (Å²) < 4.78 is 0.798. The van der Waals surface area contributed by atoms with Crippen molar-refractivity contribution in [2.24, 2.45) is 0 Å². The monoisotopic (exact) mass is 443 g/mol. The number of pyridine rings is 1. The normalized spacial score (nSPS) is 10.4. The molecule has 2 heterocycles. The summed E-state index contributed by atoms with van der Waals surface area (Å²) in [5.41, 5.74) is 9.54. The average molecular weight is 444 g/mol. The highest BCUT2D eigenvalue weighted by atomic mass is 32.1. The van der Waals surface area contributed by atoms with Crippen LogP contribution in [0.15, 0.2) is 60.9 Å². The van der Waals surface area contributed by atoms with Gasteiger partial charge in [0.25, 0.3) is 0 Å². The molecule has 0 radical (unpaired) electrons. The topological polar surface area (TPSA) is 113 Å². The summed E-state index contributed by atoms with van der Waals surface area (Å²) >= 11 is 1.31. The number of hydrogen-bond donors (Lipinski definition) is 4. The third kappa shape index (κ3) is 5.53. The summed E-state index contributed by atoms with van der Waals surface area (Å²) in [6, 6.07) is 14.7. The SMILES string of the molecule is Nc1nc2c(O)cc(C#CCNc3cccc(NC(=O)CCc4ccncc4)c3)cc2s1. The van der Waals surface area contributed by atoms with Gasteiger partial charge in [0.1, 0.15) is 11.3 Å². The van der Waals surface area contributed by atoms with E-state index in [1.54, 1.807) is 18.5 Å². The lowest BCUT2D eigenvalue weighted by Gasteiger charge is -2.08. The van der Waals surface area contributed by atoms with Gasteiger partial charge in [-0.15, -0.1) is 0 Å². The molecular formula is C24H21N5O2S. The fourth-order valence-corrected chi connectivity index (χ4v) is 3.93. The summed E-state index contributed by atoms with van der Waals surface area (Å²) in [7, 11) is 0. The standard InChI is InChI=1S/C24H21N5O2S/c25-24-29-23-20(30)13-17(14-21(23)32-24)3-2-10-27-18-4-1-5-19(15-18)28-22(31)7-6-16-8-11-26-12-9-16/h1,4-5,8-9,11-15,27,30H,6-7,10H2,(H2,25,29)(H,28,31). The number of amides is 1. The van der Waals surface area contributed by atoms with E-state index < -0.39 is 0 Å². The number of nitrogens with one attached hydrogen (secondary N) is 2. The quantitative estimate of drug-likeness (QED) is 0.335. The second-order valence-corrected chi connectivity index (χ2v) is 8.10. The Morgan fingerprint density at radius 3 is 2.78 bits per heavy atom. The van der Waals surface area contributed by atoms with Crippen LogP contribution in [0, 0.1) is 11.8 Å². The van der Waals surface area contributed by atoms with Crippen LogP contribution in [0.5, 0.6) is 5.75 Å². The molecule has 0 bridgehead atoms. The Morgan fingerprint density at radius 2 is 1.94 bits per heavy atom. The Balaban J connectivity index is 1.31. The van der Waals surface area contributed by atoms with E-state index in [0.29, 0.717) is 35.6 Å². The predicted octanol–water partition coefficient (Wildman–Crippen LogP) is 4.01. The fraction of sp³-hybridized carbons (Fsp3) is 0.125. The highest BCUT2D eigenvalue weighted by Crippen LogP contribution is 2.31. The first-order valence-electron chi connectivity index (χ1n) is 9.97. The van der Waals surface area contributed by atoms with Gasteiger partial charge in [-0.25, -0.2) is 4.98 Å². The third-order valence-corrected chi connectivity index (χ3v) is 5.47. The molecule has 8 heteroatoms.